The van der Waals surface area contributed by atoms with E-state index in [0.29, 0.717) is 0 Å². The van der Waals surface area contributed by atoms with Crippen LogP contribution in [-0.2, 0) is 0 Å². The van der Waals surface area contributed by atoms with Crippen LogP contribution in [0.15, 0.2) is 48.5 Å². The lowest BCUT2D eigenvalue weighted by molar-refractivity contribution is 0.0936. The van der Waals surface area contributed by atoms with Gasteiger partial charge in [-0.25, -0.2) is 4.39 Å². The number of hydrogen-bond donors (Lipinski definition) is 1. The number of aryl methyl sites for hydroxylation is 1. The van der Waals surface area contributed by atoms with Crippen molar-refractivity contribution < 1.29 is 9.18 Å². The van der Waals surface area contributed by atoms with E-state index in [9.17, 15) is 9.18 Å². The predicted molar refractivity (Wildman–Crippen MR) is 73.5 cm³/mol. The second-order valence-corrected chi connectivity index (χ2v) is 4.59. The van der Waals surface area contributed by atoms with Crippen molar-refractivity contribution in [2.45, 2.75) is 19.9 Å². The Hall–Kier alpha value is -2.16. The van der Waals surface area contributed by atoms with Crippen LogP contribution in [0.1, 0.15) is 34.5 Å². The molecule has 0 spiro atoms. The highest BCUT2D eigenvalue weighted by Gasteiger charge is 2.14. The smallest absolute Gasteiger partial charge is 0.254 e. The Labute approximate surface area is 112 Å². The fourth-order valence-corrected chi connectivity index (χ4v) is 1.86. The Kier molecular flexibility index (Phi) is 3.95. The summed E-state index contributed by atoms with van der Waals surface area (Å²) in [4.78, 5) is 12.0. The lowest BCUT2D eigenvalue weighted by Crippen LogP contribution is -2.27. The maximum Gasteiger partial charge on any atom is 0.254 e. The van der Waals surface area contributed by atoms with Gasteiger partial charge in [0.2, 0.25) is 0 Å². The number of hydrogen-bond acceptors (Lipinski definition) is 1. The molecule has 0 bridgehead atoms. The van der Waals surface area contributed by atoms with Crippen LogP contribution in [0.25, 0.3) is 0 Å². The third-order valence-corrected chi connectivity index (χ3v) is 3.04. The molecule has 0 aromatic heterocycles. The zero-order valence-corrected chi connectivity index (χ0v) is 11.0. The zero-order valence-electron chi connectivity index (χ0n) is 11.0. The van der Waals surface area contributed by atoms with Crippen molar-refractivity contribution in [3.05, 3.63) is 71.0 Å². The maximum absolute atomic E-state index is 13.5. The van der Waals surface area contributed by atoms with E-state index in [-0.39, 0.29) is 11.6 Å². The highest BCUT2D eigenvalue weighted by Crippen LogP contribution is 2.14. The Bertz CT molecular complexity index is 578. The normalized spacial score (nSPS) is 11.9. The average molecular weight is 257 g/mol. The standard InChI is InChI=1S/C16H16FNO/c1-11-7-9-13(10-8-11)12(2)18-16(19)14-5-3-4-6-15(14)17/h3-10,12H,1-2H3,(H,18,19). The SMILES string of the molecule is Cc1ccc(C(C)NC(=O)c2ccccc2F)cc1. The molecule has 2 aromatic rings. The first kappa shape index (κ1) is 13.3. The molecule has 2 aromatic carbocycles. The van der Waals surface area contributed by atoms with Gasteiger partial charge in [-0.15, -0.1) is 0 Å². The molecule has 2 rings (SSSR count). The van der Waals surface area contributed by atoms with Crippen molar-refractivity contribution in [1.29, 1.82) is 0 Å². The van der Waals surface area contributed by atoms with Gasteiger partial charge in [0.25, 0.3) is 5.91 Å². The van der Waals surface area contributed by atoms with Crippen molar-refractivity contribution in [2.24, 2.45) is 0 Å². The number of nitrogens with one attached hydrogen (secondary N) is 1. The van der Waals surface area contributed by atoms with Gasteiger partial charge in [-0.1, -0.05) is 42.0 Å². The van der Waals surface area contributed by atoms with Gasteiger partial charge in [0, 0.05) is 0 Å². The highest BCUT2D eigenvalue weighted by atomic mass is 19.1. The molecule has 1 amide bonds. The number of rotatable bonds is 3. The van der Waals surface area contributed by atoms with Crippen molar-refractivity contribution >= 4 is 5.91 Å². The highest BCUT2D eigenvalue weighted by molar-refractivity contribution is 5.94. The number of benzene rings is 2. The molecule has 1 atom stereocenters. The molecule has 1 unspecified atom stereocenters. The molecule has 19 heavy (non-hydrogen) atoms. The first-order valence-electron chi connectivity index (χ1n) is 6.20. The molecular formula is C16H16FNO. The van der Waals surface area contributed by atoms with Crippen LogP contribution in [0, 0.1) is 12.7 Å². The topological polar surface area (TPSA) is 29.1 Å². The minimum atomic E-state index is -0.504. The summed E-state index contributed by atoms with van der Waals surface area (Å²) in [6.45, 7) is 3.88. The first-order valence-corrected chi connectivity index (χ1v) is 6.20. The average Bonchev–Trinajstić information content (AvgIpc) is 2.39. The van der Waals surface area contributed by atoms with Gasteiger partial charge in [0.05, 0.1) is 11.6 Å². The lowest BCUT2D eigenvalue weighted by Gasteiger charge is -2.14. The molecule has 0 aliphatic carbocycles. The van der Waals surface area contributed by atoms with Gasteiger partial charge >= 0.3 is 0 Å². The maximum atomic E-state index is 13.5. The van der Waals surface area contributed by atoms with Gasteiger partial charge in [-0.05, 0) is 31.5 Å². The molecule has 3 heteroatoms. The van der Waals surface area contributed by atoms with Crippen LogP contribution in [-0.4, -0.2) is 5.91 Å². The van der Waals surface area contributed by atoms with E-state index in [4.69, 9.17) is 0 Å². The zero-order chi connectivity index (χ0) is 13.8. The summed E-state index contributed by atoms with van der Waals surface area (Å²) in [7, 11) is 0. The Balaban J connectivity index is 2.11. The minimum absolute atomic E-state index is 0.0708. The summed E-state index contributed by atoms with van der Waals surface area (Å²) in [6, 6.07) is 13.7. The molecule has 0 aliphatic rings. The largest absolute Gasteiger partial charge is 0.345 e. The van der Waals surface area contributed by atoms with Crippen LogP contribution < -0.4 is 5.32 Å². The van der Waals surface area contributed by atoms with Crippen molar-refractivity contribution in [2.75, 3.05) is 0 Å². The second kappa shape index (κ2) is 5.65. The van der Waals surface area contributed by atoms with Crippen LogP contribution in [0.2, 0.25) is 0 Å². The molecule has 0 fully saturated rings. The van der Waals surface area contributed by atoms with Gasteiger partial charge in [0.15, 0.2) is 0 Å². The minimum Gasteiger partial charge on any atom is -0.345 e. The van der Waals surface area contributed by atoms with Gasteiger partial charge in [-0.2, -0.15) is 0 Å². The van der Waals surface area contributed by atoms with E-state index in [1.807, 2.05) is 38.1 Å². The molecule has 0 saturated heterocycles. The summed E-state index contributed by atoms with van der Waals surface area (Å²) in [5, 5.41) is 2.79. The fourth-order valence-electron chi connectivity index (χ4n) is 1.86. The third-order valence-electron chi connectivity index (χ3n) is 3.04. The van der Waals surface area contributed by atoms with Gasteiger partial charge in [-0.3, -0.25) is 4.79 Å². The van der Waals surface area contributed by atoms with E-state index >= 15 is 0 Å². The van der Waals surface area contributed by atoms with Crippen molar-refractivity contribution in [3.8, 4) is 0 Å². The van der Waals surface area contributed by atoms with Gasteiger partial charge < -0.3 is 5.32 Å². The van der Waals surface area contributed by atoms with Crippen LogP contribution in [0.4, 0.5) is 4.39 Å². The molecule has 2 nitrogen and oxygen atoms in total. The Morgan fingerprint density at radius 3 is 2.37 bits per heavy atom. The Morgan fingerprint density at radius 2 is 1.74 bits per heavy atom. The van der Waals surface area contributed by atoms with E-state index in [1.54, 1.807) is 12.1 Å². The number of carbonyl (C=O) groups excluding carboxylic acids is 1. The van der Waals surface area contributed by atoms with Gasteiger partial charge in [0.1, 0.15) is 5.82 Å². The second-order valence-electron chi connectivity index (χ2n) is 4.59. The van der Waals surface area contributed by atoms with Crippen LogP contribution >= 0.6 is 0 Å². The summed E-state index contributed by atoms with van der Waals surface area (Å²) < 4.78 is 13.5. The van der Waals surface area contributed by atoms with Crippen molar-refractivity contribution in [3.63, 3.8) is 0 Å². The van der Waals surface area contributed by atoms with E-state index in [0.717, 1.165) is 11.1 Å². The molecule has 1 N–H and O–H groups in total. The van der Waals surface area contributed by atoms with Crippen molar-refractivity contribution in [1.82, 2.24) is 5.32 Å². The monoisotopic (exact) mass is 257 g/mol. The van der Waals surface area contributed by atoms with E-state index < -0.39 is 11.7 Å². The molecule has 98 valence electrons. The molecular weight excluding hydrogens is 241 g/mol. The molecule has 0 radical (unpaired) electrons. The summed E-state index contributed by atoms with van der Waals surface area (Å²) in [6.07, 6.45) is 0. The fraction of sp³-hybridized carbons (Fsp3) is 0.188. The third kappa shape index (κ3) is 3.19. The lowest BCUT2D eigenvalue weighted by atomic mass is 10.1. The van der Waals surface area contributed by atoms with Crippen LogP contribution in [0.5, 0.6) is 0 Å². The van der Waals surface area contributed by atoms with Crippen LogP contribution in [0.3, 0.4) is 0 Å². The van der Waals surface area contributed by atoms with E-state index in [1.165, 1.54) is 12.1 Å². The molecule has 0 saturated carbocycles. The quantitative estimate of drug-likeness (QED) is 0.893. The summed E-state index contributed by atoms with van der Waals surface area (Å²) in [5.74, 6) is -0.901. The molecule has 0 aliphatic heterocycles. The summed E-state index contributed by atoms with van der Waals surface area (Å²) >= 11 is 0. The summed E-state index contributed by atoms with van der Waals surface area (Å²) in [5.41, 5.74) is 2.23. The first-order chi connectivity index (χ1) is 9.08. The number of amides is 1. The number of carbonyl (C=O) groups is 1. The molecule has 0 heterocycles. The predicted octanol–water partition coefficient (Wildman–Crippen LogP) is 3.63. The Morgan fingerprint density at radius 1 is 1.11 bits per heavy atom. The van der Waals surface area contributed by atoms with E-state index in [2.05, 4.69) is 5.32 Å². The number of halogens is 1.